The number of aliphatic hydroxyl groups excluding tert-OH is 1. The molecule has 0 aromatic heterocycles. The van der Waals surface area contributed by atoms with Crippen molar-refractivity contribution in [1.82, 2.24) is 4.90 Å². The molecule has 2 rings (SSSR count). The lowest BCUT2D eigenvalue weighted by Gasteiger charge is -2.35. The van der Waals surface area contributed by atoms with Crippen LogP contribution in [-0.4, -0.2) is 42.4 Å². The number of likely N-dealkylation sites (N-methyl/N-ethyl adjacent to an activating group) is 1. The number of aryl methyl sites for hydroxylation is 2. The van der Waals surface area contributed by atoms with E-state index < -0.39 is 6.10 Å². The van der Waals surface area contributed by atoms with Crippen LogP contribution >= 0.6 is 0 Å². The third-order valence-corrected chi connectivity index (χ3v) is 4.03. The van der Waals surface area contributed by atoms with E-state index in [1.165, 1.54) is 19.3 Å². The molecule has 1 saturated carbocycles. The van der Waals surface area contributed by atoms with Crippen molar-refractivity contribution in [1.29, 1.82) is 0 Å². The van der Waals surface area contributed by atoms with Crippen molar-refractivity contribution < 1.29 is 9.84 Å². The van der Waals surface area contributed by atoms with Crippen LogP contribution in [0.1, 0.15) is 30.4 Å². The molecule has 0 spiro atoms. The molecule has 0 radical (unpaired) electrons. The standard InChI is InChI=1S/C16H25NO2/c1-12-6-4-7-13(2)16(12)19-11-15(18)10-17(3)14-8-5-9-14/h4,6-7,14-15,18H,5,8-11H2,1-3H3. The first-order valence-electron chi connectivity index (χ1n) is 7.15. The second-order valence-corrected chi connectivity index (χ2v) is 5.71. The van der Waals surface area contributed by atoms with Crippen LogP contribution in [0.15, 0.2) is 18.2 Å². The van der Waals surface area contributed by atoms with Gasteiger partial charge < -0.3 is 14.7 Å². The maximum atomic E-state index is 10.1. The van der Waals surface area contributed by atoms with Crippen LogP contribution in [0.5, 0.6) is 5.75 Å². The maximum absolute atomic E-state index is 10.1. The first-order valence-corrected chi connectivity index (χ1v) is 7.15. The number of hydrogen-bond acceptors (Lipinski definition) is 3. The molecular weight excluding hydrogens is 238 g/mol. The lowest BCUT2D eigenvalue weighted by atomic mass is 9.92. The molecular formula is C16H25NO2. The highest BCUT2D eigenvalue weighted by Crippen LogP contribution is 2.24. The topological polar surface area (TPSA) is 32.7 Å². The van der Waals surface area contributed by atoms with Gasteiger partial charge >= 0.3 is 0 Å². The monoisotopic (exact) mass is 263 g/mol. The quantitative estimate of drug-likeness (QED) is 0.856. The summed E-state index contributed by atoms with van der Waals surface area (Å²) in [6.07, 6.45) is 3.43. The van der Waals surface area contributed by atoms with Gasteiger partial charge in [0.2, 0.25) is 0 Å². The molecule has 106 valence electrons. The fourth-order valence-electron chi connectivity index (χ4n) is 2.57. The molecule has 1 fully saturated rings. The average molecular weight is 263 g/mol. The highest BCUT2D eigenvalue weighted by molar-refractivity contribution is 5.39. The Kier molecular flexibility index (Phi) is 4.83. The highest BCUT2D eigenvalue weighted by atomic mass is 16.5. The molecule has 3 nitrogen and oxygen atoms in total. The van der Waals surface area contributed by atoms with E-state index in [1.54, 1.807) is 0 Å². The number of ether oxygens (including phenoxy) is 1. The molecule has 1 aromatic carbocycles. The van der Waals surface area contributed by atoms with Gasteiger partial charge in [0.15, 0.2) is 0 Å². The van der Waals surface area contributed by atoms with Gasteiger partial charge in [0.1, 0.15) is 18.5 Å². The number of hydrogen-bond donors (Lipinski definition) is 1. The minimum atomic E-state index is -0.426. The van der Waals surface area contributed by atoms with Crippen molar-refractivity contribution in [3.8, 4) is 5.75 Å². The van der Waals surface area contributed by atoms with E-state index in [0.29, 0.717) is 19.2 Å². The van der Waals surface area contributed by atoms with Crippen LogP contribution in [0, 0.1) is 13.8 Å². The molecule has 1 aromatic rings. The van der Waals surface area contributed by atoms with Gasteiger partial charge in [-0.15, -0.1) is 0 Å². The summed E-state index contributed by atoms with van der Waals surface area (Å²) in [5, 5.41) is 10.1. The zero-order valence-corrected chi connectivity index (χ0v) is 12.2. The van der Waals surface area contributed by atoms with Gasteiger partial charge in [-0.25, -0.2) is 0 Å². The van der Waals surface area contributed by atoms with Crippen LogP contribution in [-0.2, 0) is 0 Å². The number of benzene rings is 1. The Bertz CT molecular complexity index is 395. The van der Waals surface area contributed by atoms with E-state index in [2.05, 4.69) is 11.9 Å². The van der Waals surface area contributed by atoms with Crippen LogP contribution in [0.25, 0.3) is 0 Å². The van der Waals surface area contributed by atoms with E-state index in [4.69, 9.17) is 4.74 Å². The Balaban J connectivity index is 1.81. The number of nitrogens with zero attached hydrogens (tertiary/aromatic N) is 1. The summed E-state index contributed by atoms with van der Waals surface area (Å²) in [6, 6.07) is 6.76. The maximum Gasteiger partial charge on any atom is 0.125 e. The van der Waals surface area contributed by atoms with Crippen LogP contribution < -0.4 is 4.74 Å². The molecule has 1 aliphatic rings. The lowest BCUT2D eigenvalue weighted by Crippen LogP contribution is -2.42. The summed E-state index contributed by atoms with van der Waals surface area (Å²) in [5.41, 5.74) is 2.25. The number of aliphatic hydroxyl groups is 1. The van der Waals surface area contributed by atoms with Crippen LogP contribution in [0.2, 0.25) is 0 Å². The molecule has 0 aliphatic heterocycles. The molecule has 1 atom stereocenters. The summed E-state index contributed by atoms with van der Waals surface area (Å²) in [6.45, 7) is 5.13. The lowest BCUT2D eigenvalue weighted by molar-refractivity contribution is 0.0473. The van der Waals surface area contributed by atoms with Crippen molar-refractivity contribution in [3.63, 3.8) is 0 Å². The first kappa shape index (κ1) is 14.4. The van der Waals surface area contributed by atoms with Crippen molar-refractivity contribution in [2.24, 2.45) is 0 Å². The predicted molar refractivity (Wildman–Crippen MR) is 77.7 cm³/mol. The minimum absolute atomic E-state index is 0.364. The van der Waals surface area contributed by atoms with E-state index >= 15 is 0 Å². The second-order valence-electron chi connectivity index (χ2n) is 5.71. The second kappa shape index (κ2) is 6.40. The average Bonchev–Trinajstić information content (AvgIpc) is 2.25. The summed E-state index contributed by atoms with van der Waals surface area (Å²) in [4.78, 5) is 2.25. The molecule has 19 heavy (non-hydrogen) atoms. The van der Waals surface area contributed by atoms with Gasteiger partial charge in [-0.05, 0) is 44.9 Å². The van der Waals surface area contributed by atoms with Crippen molar-refractivity contribution in [2.75, 3.05) is 20.2 Å². The number of para-hydroxylation sites is 1. The Morgan fingerprint density at radius 3 is 2.47 bits per heavy atom. The largest absolute Gasteiger partial charge is 0.490 e. The van der Waals surface area contributed by atoms with Crippen molar-refractivity contribution in [3.05, 3.63) is 29.3 Å². The number of rotatable bonds is 6. The van der Waals surface area contributed by atoms with E-state index in [1.807, 2.05) is 32.0 Å². The third kappa shape index (κ3) is 3.71. The fourth-order valence-corrected chi connectivity index (χ4v) is 2.57. The van der Waals surface area contributed by atoms with Gasteiger partial charge in [-0.1, -0.05) is 24.6 Å². The van der Waals surface area contributed by atoms with E-state index in [-0.39, 0.29) is 0 Å². The van der Waals surface area contributed by atoms with Crippen LogP contribution in [0.4, 0.5) is 0 Å². The predicted octanol–water partition coefficient (Wildman–Crippen LogP) is 2.53. The third-order valence-electron chi connectivity index (χ3n) is 4.03. The van der Waals surface area contributed by atoms with Crippen molar-refractivity contribution in [2.45, 2.75) is 45.3 Å². The summed E-state index contributed by atoms with van der Waals surface area (Å²) < 4.78 is 5.78. The molecule has 1 aliphatic carbocycles. The van der Waals surface area contributed by atoms with Gasteiger partial charge in [0.05, 0.1) is 0 Å². The smallest absolute Gasteiger partial charge is 0.125 e. The van der Waals surface area contributed by atoms with Gasteiger partial charge in [0, 0.05) is 12.6 Å². The molecule has 3 heteroatoms. The zero-order chi connectivity index (χ0) is 13.8. The Morgan fingerprint density at radius 1 is 1.32 bits per heavy atom. The summed E-state index contributed by atoms with van der Waals surface area (Å²) >= 11 is 0. The summed E-state index contributed by atoms with van der Waals surface area (Å²) in [5.74, 6) is 0.910. The van der Waals surface area contributed by atoms with Gasteiger partial charge in [0.25, 0.3) is 0 Å². The molecule has 1 N–H and O–H groups in total. The van der Waals surface area contributed by atoms with Gasteiger partial charge in [-0.3, -0.25) is 0 Å². The SMILES string of the molecule is Cc1cccc(C)c1OCC(O)CN(C)C1CCC1. The van der Waals surface area contributed by atoms with E-state index in [0.717, 1.165) is 16.9 Å². The van der Waals surface area contributed by atoms with Gasteiger partial charge in [-0.2, -0.15) is 0 Å². The zero-order valence-electron chi connectivity index (χ0n) is 12.2. The van der Waals surface area contributed by atoms with Crippen molar-refractivity contribution >= 4 is 0 Å². The minimum Gasteiger partial charge on any atom is -0.490 e. The Morgan fingerprint density at radius 2 is 1.95 bits per heavy atom. The molecule has 0 amide bonds. The molecule has 0 heterocycles. The highest BCUT2D eigenvalue weighted by Gasteiger charge is 2.23. The summed E-state index contributed by atoms with van der Waals surface area (Å²) in [7, 11) is 2.09. The Hall–Kier alpha value is -1.06. The van der Waals surface area contributed by atoms with Crippen LogP contribution in [0.3, 0.4) is 0 Å². The Labute approximate surface area is 116 Å². The molecule has 0 bridgehead atoms. The molecule has 0 saturated heterocycles. The fraction of sp³-hybridized carbons (Fsp3) is 0.625. The van der Waals surface area contributed by atoms with E-state index in [9.17, 15) is 5.11 Å². The normalized spacial score (nSPS) is 17.3. The molecule has 1 unspecified atom stereocenters. The first-order chi connectivity index (χ1) is 9.08.